The van der Waals surface area contributed by atoms with E-state index in [0.29, 0.717) is 12.3 Å². The third kappa shape index (κ3) is 1.84. The molecule has 1 unspecified atom stereocenters. The Morgan fingerprint density at radius 2 is 2.08 bits per heavy atom. The first-order chi connectivity index (χ1) is 11.7. The van der Waals surface area contributed by atoms with Crippen LogP contribution in [0.4, 0.5) is 0 Å². The topological polar surface area (TPSA) is 62.3 Å². The van der Waals surface area contributed by atoms with E-state index in [4.69, 9.17) is 0 Å². The summed E-state index contributed by atoms with van der Waals surface area (Å²) < 4.78 is 0. The molecule has 6 rings (SSSR count). The second kappa shape index (κ2) is 4.79. The lowest BCUT2D eigenvalue weighted by Crippen LogP contribution is -2.77. The van der Waals surface area contributed by atoms with Crippen molar-refractivity contribution in [3.8, 4) is 0 Å². The summed E-state index contributed by atoms with van der Waals surface area (Å²) in [4.78, 5) is 31.8. The lowest BCUT2D eigenvalue weighted by molar-refractivity contribution is -0.176. The SMILES string of the molecule is O=C1C(Cc2cnc3ccccc3c2)NC(=O)C23CC(CCN12)C3. The molecule has 5 heteroatoms. The van der Waals surface area contributed by atoms with Gasteiger partial charge >= 0.3 is 0 Å². The molecule has 24 heavy (non-hydrogen) atoms. The fraction of sp³-hybridized carbons (Fsp3) is 0.421. The maximum Gasteiger partial charge on any atom is 0.246 e. The number of carbonyl (C=O) groups excluding carboxylic acids is 2. The van der Waals surface area contributed by atoms with Gasteiger partial charge in [0.1, 0.15) is 11.6 Å². The first kappa shape index (κ1) is 14.0. The standard InChI is InChI=1S/C19H19N3O2/c23-17-16(8-13-7-14-3-1-2-4-15(14)20-11-13)21-18(24)19-9-12(10-19)5-6-22(17)19/h1-4,7,11-12,16H,5-6,8-10H2,(H,21,24). The van der Waals surface area contributed by atoms with Crippen LogP contribution in [0.5, 0.6) is 0 Å². The molecule has 1 N–H and O–H groups in total. The molecular weight excluding hydrogens is 302 g/mol. The molecule has 2 bridgehead atoms. The quantitative estimate of drug-likeness (QED) is 0.915. The van der Waals surface area contributed by atoms with Gasteiger partial charge in [0.2, 0.25) is 11.8 Å². The van der Waals surface area contributed by atoms with E-state index in [1.807, 2.05) is 35.4 Å². The average Bonchev–Trinajstić information content (AvgIpc) is 2.58. The smallest absolute Gasteiger partial charge is 0.246 e. The van der Waals surface area contributed by atoms with Gasteiger partial charge in [0.25, 0.3) is 0 Å². The molecule has 3 saturated heterocycles. The third-order valence-electron chi connectivity index (χ3n) is 5.91. The highest BCUT2D eigenvalue weighted by Crippen LogP contribution is 2.50. The Kier molecular flexibility index (Phi) is 2.78. The van der Waals surface area contributed by atoms with Gasteiger partial charge in [-0.05, 0) is 42.9 Å². The van der Waals surface area contributed by atoms with E-state index in [1.54, 1.807) is 0 Å². The predicted molar refractivity (Wildman–Crippen MR) is 89.2 cm³/mol. The van der Waals surface area contributed by atoms with Crippen molar-refractivity contribution >= 4 is 22.7 Å². The Morgan fingerprint density at radius 1 is 1.25 bits per heavy atom. The van der Waals surface area contributed by atoms with Crippen molar-refractivity contribution in [2.75, 3.05) is 6.54 Å². The van der Waals surface area contributed by atoms with Gasteiger partial charge in [-0.25, -0.2) is 0 Å². The highest BCUT2D eigenvalue weighted by molar-refractivity contribution is 6.01. The molecule has 2 aromatic rings. The van der Waals surface area contributed by atoms with Crippen LogP contribution < -0.4 is 5.32 Å². The molecule has 122 valence electrons. The number of fused-ring (bicyclic) bond motifs is 2. The maximum absolute atomic E-state index is 12.9. The van der Waals surface area contributed by atoms with Gasteiger partial charge in [-0.3, -0.25) is 14.6 Å². The predicted octanol–water partition coefficient (Wildman–Crippen LogP) is 1.66. The highest BCUT2D eigenvalue weighted by Gasteiger charge is 2.61. The first-order valence-electron chi connectivity index (χ1n) is 8.62. The van der Waals surface area contributed by atoms with Crippen molar-refractivity contribution < 1.29 is 9.59 Å². The highest BCUT2D eigenvalue weighted by atomic mass is 16.2. The molecular formula is C19H19N3O2. The van der Waals surface area contributed by atoms with E-state index in [1.165, 1.54) is 0 Å². The summed E-state index contributed by atoms with van der Waals surface area (Å²) in [5, 5.41) is 4.04. The average molecular weight is 321 g/mol. The monoisotopic (exact) mass is 321 g/mol. The second-order valence-electron chi connectivity index (χ2n) is 7.35. The minimum Gasteiger partial charge on any atom is -0.342 e. The Hall–Kier alpha value is -2.43. The number of pyridine rings is 1. The molecule has 3 aliphatic heterocycles. The van der Waals surface area contributed by atoms with E-state index >= 15 is 0 Å². The molecule has 1 saturated carbocycles. The number of carbonyl (C=O) groups is 2. The Morgan fingerprint density at radius 3 is 2.96 bits per heavy atom. The number of nitrogens with zero attached hydrogens (tertiary/aromatic N) is 2. The van der Waals surface area contributed by atoms with Gasteiger partial charge in [0.05, 0.1) is 5.52 Å². The van der Waals surface area contributed by atoms with Crippen LogP contribution in [0.3, 0.4) is 0 Å². The summed E-state index contributed by atoms with van der Waals surface area (Å²) in [6.45, 7) is 0.726. The summed E-state index contributed by atoms with van der Waals surface area (Å²) in [5.41, 5.74) is 1.39. The molecule has 1 aromatic carbocycles. The van der Waals surface area contributed by atoms with E-state index in [0.717, 1.165) is 42.3 Å². The molecule has 1 spiro atoms. The van der Waals surface area contributed by atoms with Crippen molar-refractivity contribution in [1.82, 2.24) is 15.2 Å². The summed E-state index contributed by atoms with van der Waals surface area (Å²) in [5.74, 6) is 0.735. The Balaban J connectivity index is 1.42. The Bertz CT molecular complexity index is 857. The van der Waals surface area contributed by atoms with Crippen molar-refractivity contribution in [2.45, 2.75) is 37.3 Å². The number of piperazine rings is 1. The van der Waals surface area contributed by atoms with E-state index in [2.05, 4.69) is 16.4 Å². The normalized spacial score (nSPS) is 31.4. The molecule has 1 aliphatic carbocycles. The minimum atomic E-state index is -0.530. The molecule has 4 fully saturated rings. The second-order valence-corrected chi connectivity index (χ2v) is 7.35. The molecule has 0 radical (unpaired) electrons. The molecule has 4 heterocycles. The molecule has 1 atom stereocenters. The van der Waals surface area contributed by atoms with E-state index in [9.17, 15) is 9.59 Å². The summed E-state index contributed by atoms with van der Waals surface area (Å²) in [6.07, 6.45) is 5.02. The van der Waals surface area contributed by atoms with Gasteiger partial charge in [-0.2, -0.15) is 0 Å². The lowest BCUT2D eigenvalue weighted by atomic mass is 9.61. The van der Waals surface area contributed by atoms with Crippen molar-refractivity contribution in [3.05, 3.63) is 42.1 Å². The molecule has 1 aromatic heterocycles. The summed E-state index contributed by atoms with van der Waals surface area (Å²) in [6, 6.07) is 9.51. The van der Waals surface area contributed by atoms with Crippen molar-refractivity contribution in [1.29, 1.82) is 0 Å². The first-order valence-corrected chi connectivity index (χ1v) is 8.62. The molecule has 2 amide bonds. The van der Waals surface area contributed by atoms with Gasteiger partial charge in [-0.15, -0.1) is 0 Å². The number of rotatable bonds is 2. The number of piperidine rings is 2. The lowest BCUT2D eigenvalue weighted by Gasteiger charge is -2.60. The van der Waals surface area contributed by atoms with Crippen LogP contribution in [0.2, 0.25) is 0 Å². The van der Waals surface area contributed by atoms with Crippen LogP contribution in [0.25, 0.3) is 10.9 Å². The fourth-order valence-electron chi connectivity index (χ4n) is 4.62. The number of benzene rings is 1. The number of aromatic nitrogens is 1. The number of hydrogen-bond acceptors (Lipinski definition) is 3. The molecule has 4 aliphatic rings. The van der Waals surface area contributed by atoms with Crippen LogP contribution in [0, 0.1) is 5.92 Å². The van der Waals surface area contributed by atoms with E-state index in [-0.39, 0.29) is 11.8 Å². The van der Waals surface area contributed by atoms with Crippen LogP contribution in [0.15, 0.2) is 36.5 Å². The number of amides is 2. The maximum atomic E-state index is 12.9. The largest absolute Gasteiger partial charge is 0.342 e. The number of nitrogens with one attached hydrogen (secondary N) is 1. The van der Waals surface area contributed by atoms with Gasteiger partial charge < -0.3 is 10.2 Å². The fourth-order valence-corrected chi connectivity index (χ4v) is 4.62. The number of para-hydroxylation sites is 1. The Labute approximate surface area is 140 Å². The summed E-state index contributed by atoms with van der Waals surface area (Å²) in [7, 11) is 0. The number of hydrogen-bond donors (Lipinski definition) is 1. The zero-order valence-corrected chi connectivity index (χ0v) is 13.4. The van der Waals surface area contributed by atoms with E-state index < -0.39 is 11.6 Å². The minimum absolute atomic E-state index is 0.0387. The van der Waals surface area contributed by atoms with Crippen LogP contribution in [-0.2, 0) is 16.0 Å². The van der Waals surface area contributed by atoms with Crippen LogP contribution in [-0.4, -0.2) is 39.8 Å². The van der Waals surface area contributed by atoms with Crippen LogP contribution in [0.1, 0.15) is 24.8 Å². The zero-order chi connectivity index (χ0) is 16.3. The third-order valence-corrected chi connectivity index (χ3v) is 5.91. The summed E-state index contributed by atoms with van der Waals surface area (Å²) >= 11 is 0. The van der Waals surface area contributed by atoms with Gasteiger partial charge in [0, 0.05) is 24.5 Å². The molecule has 5 nitrogen and oxygen atoms in total. The van der Waals surface area contributed by atoms with Crippen LogP contribution >= 0.6 is 0 Å². The zero-order valence-electron chi connectivity index (χ0n) is 13.4. The van der Waals surface area contributed by atoms with Crippen molar-refractivity contribution in [3.63, 3.8) is 0 Å². The van der Waals surface area contributed by atoms with Gasteiger partial charge in [-0.1, -0.05) is 18.2 Å². The van der Waals surface area contributed by atoms with Crippen molar-refractivity contribution in [2.24, 2.45) is 5.92 Å². The van der Waals surface area contributed by atoms with Gasteiger partial charge in [0.15, 0.2) is 0 Å².